The van der Waals surface area contributed by atoms with Crippen molar-refractivity contribution in [3.8, 4) is 17.2 Å². The number of carbonyl (C=O) groups excluding carboxylic acids is 2. The average molecular weight is 329 g/mol. The maximum atomic E-state index is 12.3. The third-order valence-electron chi connectivity index (χ3n) is 3.56. The predicted molar refractivity (Wildman–Crippen MR) is 76.8 cm³/mol. The zero-order chi connectivity index (χ0) is 17.8. The van der Waals surface area contributed by atoms with Crippen LogP contribution in [0.5, 0.6) is 17.2 Å². The van der Waals surface area contributed by atoms with Crippen molar-refractivity contribution in [1.29, 1.82) is 0 Å². The number of ketones is 2. The van der Waals surface area contributed by atoms with Crippen LogP contribution in [0.4, 0.5) is 0 Å². The van der Waals surface area contributed by atoms with E-state index in [4.69, 9.17) is 0 Å². The largest absolute Gasteiger partial charge is 0.871 e. The van der Waals surface area contributed by atoms with Crippen LogP contribution in [0.15, 0.2) is 52.7 Å². The van der Waals surface area contributed by atoms with E-state index in [1.54, 1.807) is 0 Å². The van der Waals surface area contributed by atoms with Gasteiger partial charge >= 0.3 is 0 Å². The Labute approximate surface area is 133 Å². The molecule has 0 unspecified atom stereocenters. The highest BCUT2D eigenvalue weighted by molar-refractivity contribution is 6.40. The molecular formula is C16H9O8-. The topological polar surface area (TPSA) is 158 Å². The molecule has 0 saturated carbocycles. The molecule has 0 heterocycles. The molecule has 0 saturated heterocycles. The van der Waals surface area contributed by atoms with Crippen LogP contribution in [0.3, 0.4) is 0 Å². The van der Waals surface area contributed by atoms with Crippen molar-refractivity contribution in [1.82, 2.24) is 0 Å². The minimum Gasteiger partial charge on any atom is -0.871 e. The standard InChI is InChI=1S/C16H10O8/c17-5-1-7(19)11(8(20)2-5)13-15(23)14(16(13)24)12-9(21)3-6(18)4-10(12)22/h1-4,17,19-23H/p-1. The Balaban J connectivity index is 2.22. The fraction of sp³-hybridized carbons (Fsp3) is 0. The third-order valence-corrected chi connectivity index (χ3v) is 3.56. The normalized spacial score (nSPS) is 17.7. The molecule has 0 aromatic heterocycles. The van der Waals surface area contributed by atoms with Gasteiger partial charge < -0.3 is 30.6 Å². The van der Waals surface area contributed by atoms with Crippen molar-refractivity contribution in [3.05, 3.63) is 58.3 Å². The molecule has 3 rings (SSSR count). The Kier molecular flexibility index (Phi) is 3.12. The van der Waals surface area contributed by atoms with Gasteiger partial charge in [0.15, 0.2) is 11.6 Å². The third kappa shape index (κ3) is 2.01. The summed E-state index contributed by atoms with van der Waals surface area (Å²) in [6.07, 6.45) is 1.46. The number of Topliss-reactive ketones (excluding diaryl/α,β-unsaturated/α-hetero) is 1. The molecule has 0 amide bonds. The molecule has 0 bridgehead atoms. The van der Waals surface area contributed by atoms with E-state index in [-0.39, 0.29) is 0 Å². The van der Waals surface area contributed by atoms with Crippen molar-refractivity contribution < 1.29 is 40.2 Å². The molecule has 2 aliphatic carbocycles. The fourth-order valence-corrected chi connectivity index (χ4v) is 2.54. The van der Waals surface area contributed by atoms with E-state index in [0.717, 1.165) is 24.3 Å². The van der Waals surface area contributed by atoms with Gasteiger partial charge in [-0.05, 0) is 0 Å². The SMILES string of the molecule is O=C1C=C(O)C(=C2C(=O)C(c3c(O)cc(O)cc3O)=C2[O-])C(O)=C1. The van der Waals surface area contributed by atoms with Gasteiger partial charge in [-0.3, -0.25) is 9.59 Å². The average Bonchev–Trinajstić information content (AvgIpc) is 2.46. The van der Waals surface area contributed by atoms with Crippen molar-refractivity contribution in [2.24, 2.45) is 0 Å². The summed E-state index contributed by atoms with van der Waals surface area (Å²) in [4.78, 5) is 23.4. The lowest BCUT2D eigenvalue weighted by Crippen LogP contribution is -2.31. The molecule has 0 atom stereocenters. The van der Waals surface area contributed by atoms with E-state index >= 15 is 0 Å². The van der Waals surface area contributed by atoms with Crippen molar-refractivity contribution in [2.75, 3.05) is 0 Å². The number of benzene rings is 1. The molecule has 2 aliphatic rings. The van der Waals surface area contributed by atoms with E-state index < -0.39 is 68.4 Å². The lowest BCUT2D eigenvalue weighted by atomic mass is 9.78. The van der Waals surface area contributed by atoms with Crippen LogP contribution in [-0.2, 0) is 9.59 Å². The van der Waals surface area contributed by atoms with Crippen LogP contribution in [0.1, 0.15) is 5.56 Å². The molecule has 1 aromatic carbocycles. The van der Waals surface area contributed by atoms with Crippen LogP contribution < -0.4 is 5.11 Å². The first-order valence-electron chi connectivity index (χ1n) is 6.54. The molecule has 0 spiro atoms. The maximum absolute atomic E-state index is 12.3. The zero-order valence-corrected chi connectivity index (χ0v) is 11.8. The number of hydrogen-bond donors (Lipinski definition) is 5. The summed E-state index contributed by atoms with van der Waals surface area (Å²) in [5.41, 5.74) is -2.10. The van der Waals surface area contributed by atoms with Crippen molar-refractivity contribution in [3.63, 3.8) is 0 Å². The molecule has 8 nitrogen and oxygen atoms in total. The first-order chi connectivity index (χ1) is 11.2. The molecule has 24 heavy (non-hydrogen) atoms. The second kappa shape index (κ2) is 4.92. The highest BCUT2D eigenvalue weighted by atomic mass is 16.3. The van der Waals surface area contributed by atoms with E-state index in [1.807, 2.05) is 0 Å². The highest BCUT2D eigenvalue weighted by Gasteiger charge is 2.37. The Morgan fingerprint density at radius 1 is 0.750 bits per heavy atom. The second-order valence-electron chi connectivity index (χ2n) is 5.10. The number of aliphatic hydroxyl groups excluding tert-OH is 2. The summed E-state index contributed by atoms with van der Waals surface area (Å²) in [6.45, 7) is 0. The van der Waals surface area contributed by atoms with Crippen LogP contribution in [0.25, 0.3) is 5.57 Å². The van der Waals surface area contributed by atoms with Crippen LogP contribution in [-0.4, -0.2) is 37.1 Å². The second-order valence-corrected chi connectivity index (χ2v) is 5.10. The molecule has 0 aliphatic heterocycles. The summed E-state index contributed by atoms with van der Waals surface area (Å²) in [6, 6.07) is 1.67. The molecule has 8 heteroatoms. The zero-order valence-electron chi connectivity index (χ0n) is 11.8. The first kappa shape index (κ1) is 15.2. The van der Waals surface area contributed by atoms with Gasteiger partial charge in [0.2, 0.25) is 0 Å². The van der Waals surface area contributed by atoms with Gasteiger partial charge in [-0.15, -0.1) is 0 Å². The lowest BCUT2D eigenvalue weighted by molar-refractivity contribution is -0.297. The quantitative estimate of drug-likeness (QED) is 0.458. The van der Waals surface area contributed by atoms with Gasteiger partial charge in [-0.25, -0.2) is 0 Å². The molecule has 0 radical (unpaired) electrons. The summed E-state index contributed by atoms with van der Waals surface area (Å²) in [7, 11) is 0. The Morgan fingerprint density at radius 2 is 1.25 bits per heavy atom. The minimum absolute atomic E-state index is 0.467. The number of carbonyl (C=O) groups is 2. The number of phenols is 3. The summed E-state index contributed by atoms with van der Waals surface area (Å²) in [5, 5.41) is 60.5. The van der Waals surface area contributed by atoms with Gasteiger partial charge in [0, 0.05) is 35.4 Å². The molecule has 0 fully saturated rings. The molecule has 122 valence electrons. The summed E-state index contributed by atoms with van der Waals surface area (Å²) >= 11 is 0. The monoisotopic (exact) mass is 329 g/mol. The van der Waals surface area contributed by atoms with Crippen molar-refractivity contribution in [2.45, 2.75) is 0 Å². The van der Waals surface area contributed by atoms with E-state index in [0.29, 0.717) is 0 Å². The van der Waals surface area contributed by atoms with Gasteiger partial charge in [-0.1, -0.05) is 5.76 Å². The van der Waals surface area contributed by atoms with E-state index in [2.05, 4.69) is 0 Å². The molecule has 5 N–H and O–H groups in total. The molecule has 1 aromatic rings. The van der Waals surface area contributed by atoms with Crippen LogP contribution in [0.2, 0.25) is 0 Å². The number of phenolic OH excluding ortho intramolecular Hbond substituents is 3. The Bertz CT molecular complexity index is 896. The van der Waals surface area contributed by atoms with E-state index in [1.165, 1.54) is 0 Å². The van der Waals surface area contributed by atoms with Crippen LogP contribution in [0, 0.1) is 0 Å². The van der Waals surface area contributed by atoms with Gasteiger partial charge in [0.25, 0.3) is 0 Å². The summed E-state index contributed by atoms with van der Waals surface area (Å²) in [5.74, 6) is -5.94. The first-order valence-corrected chi connectivity index (χ1v) is 6.54. The van der Waals surface area contributed by atoms with Crippen LogP contribution >= 0.6 is 0 Å². The highest BCUT2D eigenvalue weighted by Crippen LogP contribution is 2.46. The predicted octanol–water partition coefficient (Wildman–Crippen LogP) is 0.221. The Hall–Kier alpha value is -3.68. The lowest BCUT2D eigenvalue weighted by Gasteiger charge is -2.33. The van der Waals surface area contributed by atoms with Crippen molar-refractivity contribution >= 4 is 17.1 Å². The number of allylic oxidation sites excluding steroid dienone is 4. The number of aromatic hydroxyl groups is 3. The Morgan fingerprint density at radius 3 is 1.71 bits per heavy atom. The van der Waals surface area contributed by atoms with Gasteiger partial charge in [0.1, 0.15) is 28.8 Å². The number of hydrogen-bond acceptors (Lipinski definition) is 8. The fourth-order valence-electron chi connectivity index (χ4n) is 2.54. The van der Waals surface area contributed by atoms with Gasteiger partial charge in [-0.2, -0.15) is 0 Å². The van der Waals surface area contributed by atoms with E-state index in [9.17, 15) is 40.2 Å². The number of aliphatic hydroxyl groups is 2. The maximum Gasteiger partial charge on any atom is 0.193 e. The number of rotatable bonds is 1. The smallest absolute Gasteiger partial charge is 0.193 e. The minimum atomic E-state index is -0.944. The summed E-state index contributed by atoms with van der Waals surface area (Å²) < 4.78 is 0. The van der Waals surface area contributed by atoms with Gasteiger partial charge in [0.05, 0.1) is 11.1 Å². The molecular weight excluding hydrogens is 320 g/mol.